The maximum atomic E-state index is 13.9. The minimum atomic E-state index is -0.226. The molecule has 0 saturated heterocycles. The molecule has 0 bridgehead atoms. The number of fused-ring (bicyclic) bond motifs is 1. The third kappa shape index (κ3) is 3.13. The average molecular weight is 352 g/mol. The predicted octanol–water partition coefficient (Wildman–Crippen LogP) is 4.53. The zero-order valence-corrected chi connectivity index (χ0v) is 13.1. The van der Waals surface area contributed by atoms with E-state index in [1.807, 2.05) is 25.1 Å². The van der Waals surface area contributed by atoms with E-state index in [0.717, 1.165) is 15.9 Å². The fourth-order valence-electron chi connectivity index (χ4n) is 2.31. The summed E-state index contributed by atoms with van der Waals surface area (Å²) in [7, 11) is 0. The Morgan fingerprint density at radius 2 is 1.86 bits per heavy atom. The van der Waals surface area contributed by atoms with Gasteiger partial charge in [0, 0.05) is 21.8 Å². The summed E-state index contributed by atoms with van der Waals surface area (Å²) in [5.74, 6) is 1.23. The number of halogens is 2. The Balaban J connectivity index is 1.81. The van der Waals surface area contributed by atoms with Gasteiger partial charge < -0.3 is 14.8 Å². The highest BCUT2D eigenvalue weighted by Gasteiger charge is 2.15. The molecule has 3 rings (SSSR count). The van der Waals surface area contributed by atoms with Gasteiger partial charge in [-0.15, -0.1) is 0 Å². The van der Waals surface area contributed by atoms with Gasteiger partial charge in [-0.2, -0.15) is 0 Å². The lowest BCUT2D eigenvalue weighted by Gasteiger charge is -2.21. The predicted molar refractivity (Wildman–Crippen MR) is 83.6 cm³/mol. The quantitative estimate of drug-likeness (QED) is 0.880. The van der Waals surface area contributed by atoms with E-state index in [1.54, 1.807) is 12.1 Å². The molecule has 1 aliphatic heterocycles. The van der Waals surface area contributed by atoms with Crippen LogP contribution in [-0.2, 0) is 0 Å². The van der Waals surface area contributed by atoms with Crippen LogP contribution in [0.25, 0.3) is 0 Å². The van der Waals surface area contributed by atoms with E-state index in [-0.39, 0.29) is 11.9 Å². The monoisotopic (exact) mass is 351 g/mol. The number of benzene rings is 2. The van der Waals surface area contributed by atoms with Crippen molar-refractivity contribution in [2.45, 2.75) is 13.0 Å². The summed E-state index contributed by atoms with van der Waals surface area (Å²) in [6, 6.07) is 10.4. The summed E-state index contributed by atoms with van der Waals surface area (Å²) in [6.45, 7) is 3.04. The molecule has 0 radical (unpaired) electrons. The number of anilines is 1. The first kappa shape index (κ1) is 14.2. The van der Waals surface area contributed by atoms with Crippen molar-refractivity contribution in [1.29, 1.82) is 0 Å². The van der Waals surface area contributed by atoms with Crippen LogP contribution < -0.4 is 14.8 Å². The molecule has 1 N–H and O–H groups in total. The molecule has 1 heterocycles. The van der Waals surface area contributed by atoms with Crippen molar-refractivity contribution < 1.29 is 13.9 Å². The third-order valence-corrected chi connectivity index (χ3v) is 3.84. The van der Waals surface area contributed by atoms with E-state index in [1.165, 1.54) is 6.07 Å². The molecule has 2 aromatic rings. The third-order valence-electron chi connectivity index (χ3n) is 3.35. The Morgan fingerprint density at radius 1 is 1.10 bits per heavy atom. The van der Waals surface area contributed by atoms with Crippen LogP contribution in [0.15, 0.2) is 40.9 Å². The zero-order valence-electron chi connectivity index (χ0n) is 11.5. The van der Waals surface area contributed by atoms with Crippen LogP contribution in [0.5, 0.6) is 11.5 Å². The normalized spacial score (nSPS) is 14.6. The number of ether oxygens (including phenoxy) is 2. The second kappa shape index (κ2) is 5.93. The Labute approximate surface area is 131 Å². The van der Waals surface area contributed by atoms with E-state index >= 15 is 0 Å². The molecule has 0 aliphatic carbocycles. The van der Waals surface area contributed by atoms with Crippen molar-refractivity contribution >= 4 is 21.6 Å². The molecule has 5 heteroatoms. The van der Waals surface area contributed by atoms with Crippen molar-refractivity contribution in [3.8, 4) is 11.5 Å². The maximum Gasteiger partial charge on any atom is 0.163 e. The summed E-state index contributed by atoms with van der Waals surface area (Å²) >= 11 is 3.37. The van der Waals surface area contributed by atoms with Crippen LogP contribution >= 0.6 is 15.9 Å². The molecule has 1 atom stereocenters. The van der Waals surface area contributed by atoms with E-state index in [4.69, 9.17) is 9.47 Å². The summed E-state index contributed by atoms with van der Waals surface area (Å²) < 4.78 is 25.8. The number of nitrogens with one attached hydrogen (secondary N) is 1. The van der Waals surface area contributed by atoms with Crippen LogP contribution in [0, 0.1) is 5.82 Å². The van der Waals surface area contributed by atoms with E-state index in [9.17, 15) is 4.39 Å². The van der Waals surface area contributed by atoms with Gasteiger partial charge in [0.15, 0.2) is 11.5 Å². The molecule has 2 aromatic carbocycles. The van der Waals surface area contributed by atoms with Gasteiger partial charge in [-0.3, -0.25) is 0 Å². The first-order chi connectivity index (χ1) is 10.1. The van der Waals surface area contributed by atoms with Gasteiger partial charge >= 0.3 is 0 Å². The molecule has 0 aromatic heterocycles. The van der Waals surface area contributed by atoms with Crippen LogP contribution in [0.2, 0.25) is 0 Å². The highest BCUT2D eigenvalue weighted by atomic mass is 79.9. The van der Waals surface area contributed by atoms with Crippen LogP contribution in [0.1, 0.15) is 18.5 Å². The molecule has 1 aliphatic rings. The molecular weight excluding hydrogens is 337 g/mol. The minimum absolute atomic E-state index is 0.162. The van der Waals surface area contributed by atoms with Gasteiger partial charge in [0.25, 0.3) is 0 Å². The first-order valence-corrected chi connectivity index (χ1v) is 7.54. The topological polar surface area (TPSA) is 30.5 Å². The van der Waals surface area contributed by atoms with E-state index < -0.39 is 0 Å². The molecule has 110 valence electrons. The SMILES string of the molecule is CC(Nc1ccc2c(c1)OCCO2)c1cc(Br)ccc1F. The maximum absolute atomic E-state index is 13.9. The lowest BCUT2D eigenvalue weighted by Crippen LogP contribution is -2.15. The second-order valence-corrected chi connectivity index (χ2v) is 5.81. The van der Waals surface area contributed by atoms with Crippen LogP contribution in [0.3, 0.4) is 0 Å². The van der Waals surface area contributed by atoms with Crippen molar-refractivity contribution in [3.05, 3.63) is 52.3 Å². The number of rotatable bonds is 3. The molecule has 0 amide bonds. The average Bonchev–Trinajstić information content (AvgIpc) is 2.49. The summed E-state index contributed by atoms with van der Waals surface area (Å²) in [6.07, 6.45) is 0. The lowest BCUT2D eigenvalue weighted by molar-refractivity contribution is 0.171. The summed E-state index contributed by atoms with van der Waals surface area (Å²) in [4.78, 5) is 0. The van der Waals surface area contributed by atoms with Crippen LogP contribution in [-0.4, -0.2) is 13.2 Å². The fraction of sp³-hybridized carbons (Fsp3) is 0.250. The standard InChI is InChI=1S/C16H15BrFNO2/c1-10(13-8-11(17)2-4-14(13)18)19-12-3-5-15-16(9-12)21-7-6-20-15/h2-5,8-10,19H,6-7H2,1H3. The highest BCUT2D eigenvalue weighted by Crippen LogP contribution is 2.34. The second-order valence-electron chi connectivity index (χ2n) is 4.89. The molecular formula is C16H15BrFNO2. The van der Waals surface area contributed by atoms with Crippen molar-refractivity contribution in [3.63, 3.8) is 0 Å². The molecule has 21 heavy (non-hydrogen) atoms. The van der Waals surface area contributed by atoms with Gasteiger partial charge in [-0.25, -0.2) is 4.39 Å². The summed E-state index contributed by atoms with van der Waals surface area (Å²) in [5, 5.41) is 3.28. The van der Waals surface area contributed by atoms with Gasteiger partial charge in [-0.1, -0.05) is 15.9 Å². The van der Waals surface area contributed by atoms with Crippen molar-refractivity contribution in [2.24, 2.45) is 0 Å². The minimum Gasteiger partial charge on any atom is -0.486 e. The number of hydrogen-bond donors (Lipinski definition) is 1. The van der Waals surface area contributed by atoms with Gasteiger partial charge in [0.05, 0.1) is 6.04 Å². The summed E-state index contributed by atoms with van der Waals surface area (Å²) in [5.41, 5.74) is 1.48. The van der Waals surface area contributed by atoms with Gasteiger partial charge in [0.1, 0.15) is 19.0 Å². The smallest absolute Gasteiger partial charge is 0.163 e. The largest absolute Gasteiger partial charge is 0.486 e. The molecule has 0 spiro atoms. The molecule has 3 nitrogen and oxygen atoms in total. The molecule has 0 saturated carbocycles. The Bertz CT molecular complexity index is 663. The first-order valence-electron chi connectivity index (χ1n) is 6.74. The van der Waals surface area contributed by atoms with Gasteiger partial charge in [0.2, 0.25) is 0 Å². The number of hydrogen-bond acceptors (Lipinski definition) is 3. The fourth-order valence-corrected chi connectivity index (χ4v) is 2.69. The highest BCUT2D eigenvalue weighted by molar-refractivity contribution is 9.10. The zero-order chi connectivity index (χ0) is 14.8. The van der Waals surface area contributed by atoms with Crippen molar-refractivity contribution in [2.75, 3.05) is 18.5 Å². The van der Waals surface area contributed by atoms with E-state index in [2.05, 4.69) is 21.2 Å². The van der Waals surface area contributed by atoms with Crippen molar-refractivity contribution in [1.82, 2.24) is 0 Å². The van der Waals surface area contributed by atoms with E-state index in [0.29, 0.717) is 24.5 Å². The lowest BCUT2D eigenvalue weighted by atomic mass is 10.1. The molecule has 1 unspecified atom stereocenters. The Hall–Kier alpha value is -1.75. The Kier molecular flexibility index (Phi) is 4.01. The van der Waals surface area contributed by atoms with Gasteiger partial charge in [-0.05, 0) is 37.3 Å². The Morgan fingerprint density at radius 3 is 2.67 bits per heavy atom. The van der Waals surface area contributed by atoms with Crippen LogP contribution in [0.4, 0.5) is 10.1 Å². The molecule has 0 fully saturated rings.